The summed E-state index contributed by atoms with van der Waals surface area (Å²) in [4.78, 5) is 20.7. The highest BCUT2D eigenvalue weighted by atomic mass is 16.1. The van der Waals surface area contributed by atoms with Crippen LogP contribution in [0.4, 0.5) is 5.69 Å². The number of benzene rings is 1. The second-order valence-corrected chi connectivity index (χ2v) is 4.86. The van der Waals surface area contributed by atoms with Crippen LogP contribution in [0.15, 0.2) is 30.5 Å². The van der Waals surface area contributed by atoms with E-state index >= 15 is 0 Å². The highest BCUT2D eigenvalue weighted by Gasteiger charge is 2.11. The molecule has 5 heteroatoms. The van der Waals surface area contributed by atoms with Crippen molar-refractivity contribution >= 4 is 11.6 Å². The van der Waals surface area contributed by atoms with E-state index in [0.29, 0.717) is 17.9 Å². The van der Waals surface area contributed by atoms with E-state index in [1.54, 1.807) is 12.3 Å². The second-order valence-electron chi connectivity index (χ2n) is 4.86. The molecule has 2 N–H and O–H groups in total. The summed E-state index contributed by atoms with van der Waals surface area (Å²) in [6.07, 6.45) is 1.69. The van der Waals surface area contributed by atoms with Crippen LogP contribution in [-0.4, -0.2) is 22.4 Å². The number of rotatable bonds is 5. The largest absolute Gasteiger partial charge is 0.385 e. The molecule has 1 heterocycles. The molecule has 0 radical (unpaired) electrons. The molecule has 0 atom stereocenters. The number of carbonyl (C=O) groups is 1. The van der Waals surface area contributed by atoms with Gasteiger partial charge in [0.05, 0.1) is 17.8 Å². The molecule has 1 aromatic carbocycles. The molecule has 0 aliphatic carbocycles. The zero-order valence-corrected chi connectivity index (χ0v) is 12.6. The number of aryl methyl sites for hydroxylation is 2. The van der Waals surface area contributed by atoms with Gasteiger partial charge in [0, 0.05) is 18.4 Å². The maximum absolute atomic E-state index is 12.4. The van der Waals surface area contributed by atoms with Crippen LogP contribution < -0.4 is 10.6 Å². The lowest BCUT2D eigenvalue weighted by Crippen LogP contribution is -2.24. The van der Waals surface area contributed by atoms with Crippen LogP contribution in [-0.2, 0) is 6.54 Å². The fourth-order valence-electron chi connectivity index (χ4n) is 2.06. The van der Waals surface area contributed by atoms with Gasteiger partial charge in [0.25, 0.3) is 5.91 Å². The highest BCUT2D eigenvalue weighted by Crippen LogP contribution is 2.17. The van der Waals surface area contributed by atoms with E-state index in [0.717, 1.165) is 23.5 Å². The Morgan fingerprint density at radius 2 is 2.05 bits per heavy atom. The van der Waals surface area contributed by atoms with Crippen LogP contribution in [0.1, 0.15) is 34.4 Å². The van der Waals surface area contributed by atoms with Crippen molar-refractivity contribution in [3.63, 3.8) is 0 Å². The Kier molecular flexibility index (Phi) is 4.87. The second kappa shape index (κ2) is 6.83. The van der Waals surface area contributed by atoms with Gasteiger partial charge in [-0.15, -0.1) is 0 Å². The smallest absolute Gasteiger partial charge is 0.253 e. The summed E-state index contributed by atoms with van der Waals surface area (Å²) in [6.45, 7) is 6.97. The van der Waals surface area contributed by atoms with Crippen LogP contribution in [0.2, 0.25) is 0 Å². The molecule has 1 aromatic heterocycles. The number of nitrogens with zero attached hydrogens (tertiary/aromatic N) is 2. The summed E-state index contributed by atoms with van der Waals surface area (Å²) < 4.78 is 0. The van der Waals surface area contributed by atoms with Gasteiger partial charge < -0.3 is 10.6 Å². The van der Waals surface area contributed by atoms with E-state index in [1.807, 2.05) is 39.0 Å². The van der Waals surface area contributed by atoms with E-state index < -0.39 is 0 Å². The average molecular weight is 284 g/mol. The Morgan fingerprint density at radius 3 is 2.76 bits per heavy atom. The van der Waals surface area contributed by atoms with Crippen LogP contribution in [0.25, 0.3) is 0 Å². The number of hydrogen-bond acceptors (Lipinski definition) is 4. The Balaban J connectivity index is 2.11. The molecule has 21 heavy (non-hydrogen) atoms. The van der Waals surface area contributed by atoms with Crippen molar-refractivity contribution in [2.75, 3.05) is 11.9 Å². The minimum atomic E-state index is -0.106. The molecule has 1 amide bonds. The highest BCUT2D eigenvalue weighted by molar-refractivity contribution is 5.99. The van der Waals surface area contributed by atoms with Crippen LogP contribution in [0.5, 0.6) is 0 Å². The fourth-order valence-corrected chi connectivity index (χ4v) is 2.06. The van der Waals surface area contributed by atoms with Gasteiger partial charge in [-0.1, -0.05) is 11.6 Å². The summed E-state index contributed by atoms with van der Waals surface area (Å²) in [7, 11) is 0. The van der Waals surface area contributed by atoms with Crippen molar-refractivity contribution in [3.05, 3.63) is 53.1 Å². The lowest BCUT2D eigenvalue weighted by atomic mass is 10.1. The van der Waals surface area contributed by atoms with Gasteiger partial charge in [-0.25, -0.2) is 9.97 Å². The zero-order valence-electron chi connectivity index (χ0n) is 12.6. The lowest BCUT2D eigenvalue weighted by Gasteiger charge is -2.12. The molecule has 0 unspecified atom stereocenters. The Morgan fingerprint density at radius 1 is 1.24 bits per heavy atom. The summed E-state index contributed by atoms with van der Waals surface area (Å²) in [5.74, 6) is 0.594. The van der Waals surface area contributed by atoms with Gasteiger partial charge in [0.2, 0.25) is 0 Å². The Hall–Kier alpha value is -2.43. The molecule has 0 saturated heterocycles. The van der Waals surface area contributed by atoms with E-state index in [4.69, 9.17) is 0 Å². The third kappa shape index (κ3) is 4.02. The van der Waals surface area contributed by atoms with E-state index in [1.165, 1.54) is 0 Å². The molecular formula is C16H20N4O. The van der Waals surface area contributed by atoms with Crippen molar-refractivity contribution in [2.24, 2.45) is 0 Å². The minimum Gasteiger partial charge on any atom is -0.385 e. The Bertz CT molecular complexity index is 640. The molecule has 2 rings (SSSR count). The quantitative estimate of drug-likeness (QED) is 0.885. The van der Waals surface area contributed by atoms with Crippen molar-refractivity contribution in [1.29, 1.82) is 0 Å². The van der Waals surface area contributed by atoms with Crippen molar-refractivity contribution in [1.82, 2.24) is 15.3 Å². The van der Waals surface area contributed by atoms with Crippen LogP contribution in [0, 0.1) is 13.8 Å². The standard InChI is InChI=1S/C16H20N4O/c1-4-17-15-6-5-11(2)9-14(15)16(21)19-10-13-7-8-18-12(3)20-13/h5-9,17H,4,10H2,1-3H3,(H,19,21). The number of aromatic nitrogens is 2. The average Bonchev–Trinajstić information content (AvgIpc) is 2.47. The van der Waals surface area contributed by atoms with Gasteiger partial charge in [-0.3, -0.25) is 4.79 Å². The monoisotopic (exact) mass is 284 g/mol. The molecule has 110 valence electrons. The molecular weight excluding hydrogens is 264 g/mol. The molecule has 0 bridgehead atoms. The predicted octanol–water partition coefficient (Wildman–Crippen LogP) is 2.46. The first-order valence-corrected chi connectivity index (χ1v) is 7.01. The van der Waals surface area contributed by atoms with Crippen LogP contribution >= 0.6 is 0 Å². The van der Waals surface area contributed by atoms with E-state index in [9.17, 15) is 4.79 Å². The topological polar surface area (TPSA) is 66.9 Å². The molecule has 5 nitrogen and oxygen atoms in total. The number of hydrogen-bond donors (Lipinski definition) is 2. The van der Waals surface area contributed by atoms with Crippen molar-refractivity contribution in [3.8, 4) is 0 Å². The van der Waals surface area contributed by atoms with Crippen LogP contribution in [0.3, 0.4) is 0 Å². The molecule has 2 aromatic rings. The third-order valence-corrected chi connectivity index (χ3v) is 3.05. The Labute approximate surface area is 124 Å². The third-order valence-electron chi connectivity index (χ3n) is 3.05. The number of anilines is 1. The fraction of sp³-hybridized carbons (Fsp3) is 0.312. The number of nitrogens with one attached hydrogen (secondary N) is 2. The molecule has 0 aliphatic heterocycles. The summed E-state index contributed by atoms with van der Waals surface area (Å²) in [6, 6.07) is 7.61. The minimum absolute atomic E-state index is 0.106. The molecule has 0 spiro atoms. The van der Waals surface area contributed by atoms with Crippen molar-refractivity contribution < 1.29 is 4.79 Å². The summed E-state index contributed by atoms with van der Waals surface area (Å²) >= 11 is 0. The van der Waals surface area contributed by atoms with Gasteiger partial charge in [-0.05, 0) is 39.0 Å². The molecule has 0 aliphatic rings. The maximum Gasteiger partial charge on any atom is 0.253 e. The first-order valence-electron chi connectivity index (χ1n) is 7.01. The molecule has 0 fully saturated rings. The maximum atomic E-state index is 12.4. The summed E-state index contributed by atoms with van der Waals surface area (Å²) in [5, 5.41) is 6.10. The van der Waals surface area contributed by atoms with Crippen molar-refractivity contribution in [2.45, 2.75) is 27.3 Å². The first kappa shape index (κ1) is 15.0. The summed E-state index contributed by atoms with van der Waals surface area (Å²) in [5.41, 5.74) is 3.36. The number of amides is 1. The van der Waals surface area contributed by atoms with Gasteiger partial charge in [-0.2, -0.15) is 0 Å². The first-order chi connectivity index (χ1) is 10.1. The zero-order chi connectivity index (χ0) is 15.2. The van der Waals surface area contributed by atoms with Gasteiger partial charge in [0.1, 0.15) is 5.82 Å². The predicted molar refractivity (Wildman–Crippen MR) is 83.3 cm³/mol. The van der Waals surface area contributed by atoms with E-state index in [2.05, 4.69) is 20.6 Å². The van der Waals surface area contributed by atoms with Gasteiger partial charge in [0.15, 0.2) is 0 Å². The van der Waals surface area contributed by atoms with Gasteiger partial charge >= 0.3 is 0 Å². The molecule has 0 saturated carbocycles. The number of carbonyl (C=O) groups excluding carboxylic acids is 1. The normalized spacial score (nSPS) is 10.2. The lowest BCUT2D eigenvalue weighted by molar-refractivity contribution is 0.0951. The van der Waals surface area contributed by atoms with E-state index in [-0.39, 0.29) is 5.91 Å². The SMILES string of the molecule is CCNc1ccc(C)cc1C(=O)NCc1ccnc(C)n1.